The summed E-state index contributed by atoms with van der Waals surface area (Å²) in [7, 11) is -2.31. The molecule has 160 valence electrons. The molecule has 3 aromatic rings. The first-order valence-electron chi connectivity index (χ1n) is 9.37. The fourth-order valence-corrected chi connectivity index (χ4v) is 3.79. The molecule has 1 N–H and O–H groups in total. The molecule has 0 saturated heterocycles. The standard InChI is InChI=1S/C23H21NO6S/c1-29-20-12-10-18(11-13-20)22(25)16-30-23(26)19-8-5-9-21(14-19)31(27,28)24-15-17-6-3-2-4-7-17/h2-14,24H,15-16H2,1H3. The molecule has 31 heavy (non-hydrogen) atoms. The molecule has 0 atom stereocenters. The van der Waals surface area contributed by atoms with Crippen LogP contribution in [-0.2, 0) is 21.3 Å². The fourth-order valence-electron chi connectivity index (χ4n) is 2.72. The number of carbonyl (C=O) groups is 2. The van der Waals surface area contributed by atoms with Crippen LogP contribution in [0.5, 0.6) is 5.75 Å². The van der Waals surface area contributed by atoms with Gasteiger partial charge in [-0.2, -0.15) is 0 Å². The van der Waals surface area contributed by atoms with E-state index in [1.165, 1.54) is 31.4 Å². The minimum atomic E-state index is -3.83. The highest BCUT2D eigenvalue weighted by atomic mass is 32.2. The maximum absolute atomic E-state index is 12.6. The van der Waals surface area contributed by atoms with Crippen LogP contribution in [0.15, 0.2) is 83.8 Å². The van der Waals surface area contributed by atoms with Crippen molar-refractivity contribution in [3.63, 3.8) is 0 Å². The van der Waals surface area contributed by atoms with E-state index < -0.39 is 22.6 Å². The quantitative estimate of drug-likeness (QED) is 0.406. The number of benzene rings is 3. The molecule has 0 bridgehead atoms. The van der Waals surface area contributed by atoms with Crippen LogP contribution in [-0.4, -0.2) is 33.9 Å². The zero-order valence-electron chi connectivity index (χ0n) is 16.8. The van der Waals surface area contributed by atoms with Crippen molar-refractivity contribution in [2.75, 3.05) is 13.7 Å². The van der Waals surface area contributed by atoms with Gasteiger partial charge in [-0.1, -0.05) is 36.4 Å². The van der Waals surface area contributed by atoms with Crippen LogP contribution < -0.4 is 9.46 Å². The molecule has 8 heteroatoms. The van der Waals surface area contributed by atoms with Crippen molar-refractivity contribution in [3.8, 4) is 5.75 Å². The molecular formula is C23H21NO6S. The highest BCUT2D eigenvalue weighted by Crippen LogP contribution is 2.15. The molecule has 0 unspecified atom stereocenters. The van der Waals surface area contributed by atoms with Gasteiger partial charge in [-0.25, -0.2) is 17.9 Å². The van der Waals surface area contributed by atoms with Gasteiger partial charge in [0, 0.05) is 12.1 Å². The zero-order valence-corrected chi connectivity index (χ0v) is 17.6. The molecule has 3 aromatic carbocycles. The molecule has 0 radical (unpaired) electrons. The Balaban J connectivity index is 1.63. The van der Waals surface area contributed by atoms with Crippen molar-refractivity contribution in [1.29, 1.82) is 0 Å². The van der Waals surface area contributed by atoms with Gasteiger partial charge in [-0.05, 0) is 48.0 Å². The first kappa shape index (κ1) is 22.2. The maximum atomic E-state index is 12.6. The molecule has 0 fully saturated rings. The van der Waals surface area contributed by atoms with Crippen LogP contribution >= 0.6 is 0 Å². The van der Waals surface area contributed by atoms with E-state index in [4.69, 9.17) is 9.47 Å². The Kier molecular flexibility index (Phi) is 7.17. The molecular weight excluding hydrogens is 418 g/mol. The average Bonchev–Trinajstić information content (AvgIpc) is 2.82. The Morgan fingerprint density at radius 1 is 0.871 bits per heavy atom. The summed E-state index contributed by atoms with van der Waals surface area (Å²) in [6, 6.07) is 20.9. The van der Waals surface area contributed by atoms with Crippen molar-refractivity contribution < 1.29 is 27.5 Å². The van der Waals surface area contributed by atoms with Crippen molar-refractivity contribution in [1.82, 2.24) is 4.72 Å². The normalized spacial score (nSPS) is 11.0. The van der Waals surface area contributed by atoms with E-state index in [2.05, 4.69) is 4.72 Å². The van der Waals surface area contributed by atoms with Gasteiger partial charge in [0.1, 0.15) is 5.75 Å². The molecule has 0 amide bonds. The van der Waals surface area contributed by atoms with Gasteiger partial charge < -0.3 is 9.47 Å². The fraction of sp³-hybridized carbons (Fsp3) is 0.130. The van der Waals surface area contributed by atoms with Crippen LogP contribution in [0.2, 0.25) is 0 Å². The number of nitrogens with one attached hydrogen (secondary N) is 1. The number of ether oxygens (including phenoxy) is 2. The third kappa shape index (κ3) is 6.00. The van der Waals surface area contributed by atoms with Crippen molar-refractivity contribution in [2.24, 2.45) is 0 Å². The van der Waals surface area contributed by atoms with Gasteiger partial charge in [-0.15, -0.1) is 0 Å². The van der Waals surface area contributed by atoms with Crippen LogP contribution in [0.4, 0.5) is 0 Å². The molecule has 0 aliphatic carbocycles. The average molecular weight is 439 g/mol. The summed E-state index contributed by atoms with van der Waals surface area (Å²) in [5, 5.41) is 0. The highest BCUT2D eigenvalue weighted by Gasteiger charge is 2.18. The van der Waals surface area contributed by atoms with E-state index in [0.717, 1.165) is 5.56 Å². The Hall–Kier alpha value is -3.49. The molecule has 7 nitrogen and oxygen atoms in total. The number of hydrogen-bond donors (Lipinski definition) is 1. The van der Waals surface area contributed by atoms with Crippen LogP contribution in [0.3, 0.4) is 0 Å². The summed E-state index contributed by atoms with van der Waals surface area (Å²) in [5.41, 5.74) is 1.21. The van der Waals surface area contributed by atoms with Gasteiger partial charge >= 0.3 is 5.97 Å². The second kappa shape index (κ2) is 10.0. The number of methoxy groups -OCH3 is 1. The second-order valence-electron chi connectivity index (χ2n) is 6.57. The third-order valence-electron chi connectivity index (χ3n) is 4.44. The molecule has 0 aliphatic rings. The lowest BCUT2D eigenvalue weighted by molar-refractivity contribution is 0.0474. The molecule has 3 rings (SSSR count). The summed E-state index contributed by atoms with van der Waals surface area (Å²) < 4.78 is 37.7. The number of hydrogen-bond acceptors (Lipinski definition) is 6. The summed E-state index contributed by atoms with van der Waals surface area (Å²) in [5.74, 6) is -0.571. The number of sulfonamides is 1. The summed E-state index contributed by atoms with van der Waals surface area (Å²) in [6.07, 6.45) is 0. The number of rotatable bonds is 9. The Labute approximate surface area is 180 Å². The highest BCUT2D eigenvalue weighted by molar-refractivity contribution is 7.89. The maximum Gasteiger partial charge on any atom is 0.338 e. The molecule has 0 spiro atoms. The lowest BCUT2D eigenvalue weighted by Gasteiger charge is -2.09. The van der Waals surface area contributed by atoms with Gasteiger partial charge in [0.05, 0.1) is 17.6 Å². The van der Waals surface area contributed by atoms with Gasteiger partial charge in [0.25, 0.3) is 0 Å². The van der Waals surface area contributed by atoms with Crippen molar-refractivity contribution >= 4 is 21.8 Å². The summed E-state index contributed by atoms with van der Waals surface area (Å²) >= 11 is 0. The molecule has 0 aromatic heterocycles. The van der Waals surface area contributed by atoms with Crippen LogP contribution in [0, 0.1) is 0 Å². The number of esters is 1. The third-order valence-corrected chi connectivity index (χ3v) is 5.83. The van der Waals surface area contributed by atoms with Crippen molar-refractivity contribution in [3.05, 3.63) is 95.6 Å². The van der Waals surface area contributed by atoms with E-state index in [1.807, 2.05) is 18.2 Å². The van der Waals surface area contributed by atoms with Gasteiger partial charge in [0.15, 0.2) is 12.4 Å². The van der Waals surface area contributed by atoms with E-state index in [0.29, 0.717) is 11.3 Å². The Morgan fingerprint density at radius 3 is 2.26 bits per heavy atom. The number of carbonyl (C=O) groups excluding carboxylic acids is 2. The van der Waals surface area contributed by atoms with Gasteiger partial charge in [0.2, 0.25) is 10.0 Å². The predicted octanol–water partition coefficient (Wildman–Crippen LogP) is 3.21. The summed E-state index contributed by atoms with van der Waals surface area (Å²) in [6.45, 7) is -0.345. The van der Waals surface area contributed by atoms with Crippen molar-refractivity contribution in [2.45, 2.75) is 11.4 Å². The van der Waals surface area contributed by atoms with E-state index in [9.17, 15) is 18.0 Å². The topological polar surface area (TPSA) is 98.8 Å². The molecule has 0 aliphatic heterocycles. The molecule has 0 saturated carbocycles. The van der Waals surface area contributed by atoms with E-state index in [-0.39, 0.29) is 22.8 Å². The predicted molar refractivity (Wildman–Crippen MR) is 115 cm³/mol. The first-order chi connectivity index (χ1) is 14.9. The smallest absolute Gasteiger partial charge is 0.338 e. The second-order valence-corrected chi connectivity index (χ2v) is 8.33. The zero-order chi connectivity index (χ0) is 22.3. The molecule has 0 heterocycles. The van der Waals surface area contributed by atoms with Crippen LogP contribution in [0.1, 0.15) is 26.3 Å². The van der Waals surface area contributed by atoms with Gasteiger partial charge in [-0.3, -0.25) is 4.79 Å². The minimum Gasteiger partial charge on any atom is -0.497 e. The number of Topliss-reactive ketones (excluding diaryl/α,β-unsaturated/α-hetero) is 1. The SMILES string of the molecule is COc1ccc(C(=O)COC(=O)c2cccc(S(=O)(=O)NCc3ccccc3)c2)cc1. The van der Waals surface area contributed by atoms with E-state index >= 15 is 0 Å². The lowest BCUT2D eigenvalue weighted by Crippen LogP contribution is -2.23. The Bertz CT molecular complexity index is 1160. The lowest BCUT2D eigenvalue weighted by atomic mass is 10.1. The monoisotopic (exact) mass is 439 g/mol. The Morgan fingerprint density at radius 2 is 1.58 bits per heavy atom. The minimum absolute atomic E-state index is 0.0325. The summed E-state index contributed by atoms with van der Waals surface area (Å²) in [4.78, 5) is 24.5. The largest absolute Gasteiger partial charge is 0.497 e. The number of ketones is 1. The first-order valence-corrected chi connectivity index (χ1v) is 10.9. The van der Waals surface area contributed by atoms with E-state index in [1.54, 1.807) is 36.4 Å². The van der Waals surface area contributed by atoms with Crippen LogP contribution in [0.25, 0.3) is 0 Å².